The van der Waals surface area contributed by atoms with E-state index in [2.05, 4.69) is 25.5 Å². The third kappa shape index (κ3) is 2.65. The summed E-state index contributed by atoms with van der Waals surface area (Å²) in [5.41, 5.74) is 2.62. The van der Waals surface area contributed by atoms with Crippen LogP contribution in [-0.2, 0) is 7.05 Å². The van der Waals surface area contributed by atoms with Gasteiger partial charge in [0, 0.05) is 13.0 Å². The van der Waals surface area contributed by atoms with E-state index in [9.17, 15) is 4.79 Å². The molecule has 1 aliphatic carbocycles. The van der Waals surface area contributed by atoms with E-state index in [4.69, 9.17) is 0 Å². The molecule has 1 aromatic heterocycles. The van der Waals surface area contributed by atoms with Crippen LogP contribution in [0, 0.1) is 5.92 Å². The molecule has 0 atom stereocenters. The van der Waals surface area contributed by atoms with Crippen LogP contribution in [0.2, 0.25) is 0 Å². The predicted molar refractivity (Wildman–Crippen MR) is 78.3 cm³/mol. The van der Waals surface area contributed by atoms with E-state index in [0.717, 1.165) is 29.8 Å². The topological polar surface area (TPSA) is 34.9 Å². The molecule has 1 heterocycles. The standard InChI is InChI=1S/C16H24N2O/c1-5-13-14(15(11(2)3)17-18(13)4)16(19)12-9-7-6-8-10-12/h5,11-12H,1,6-10H2,2-4H3. The lowest BCUT2D eigenvalue weighted by molar-refractivity contribution is 0.0888. The quantitative estimate of drug-likeness (QED) is 0.768. The summed E-state index contributed by atoms with van der Waals surface area (Å²) in [6.07, 6.45) is 7.44. The summed E-state index contributed by atoms with van der Waals surface area (Å²) < 4.78 is 1.79. The summed E-state index contributed by atoms with van der Waals surface area (Å²) in [5.74, 6) is 0.739. The second-order valence-electron chi connectivity index (χ2n) is 5.83. The highest BCUT2D eigenvalue weighted by molar-refractivity contribution is 6.01. The van der Waals surface area contributed by atoms with Gasteiger partial charge in [-0.1, -0.05) is 39.7 Å². The van der Waals surface area contributed by atoms with Gasteiger partial charge in [0.15, 0.2) is 5.78 Å². The highest BCUT2D eigenvalue weighted by Crippen LogP contribution is 2.31. The molecule has 2 rings (SSSR count). The normalized spacial score (nSPS) is 16.8. The predicted octanol–water partition coefficient (Wildman–Crippen LogP) is 3.95. The molecule has 0 aromatic carbocycles. The molecule has 1 saturated carbocycles. The second kappa shape index (κ2) is 5.72. The van der Waals surface area contributed by atoms with E-state index in [1.807, 2.05) is 7.05 Å². The molecule has 0 amide bonds. The smallest absolute Gasteiger partial charge is 0.170 e. The van der Waals surface area contributed by atoms with Crippen LogP contribution < -0.4 is 0 Å². The van der Waals surface area contributed by atoms with E-state index in [1.165, 1.54) is 19.3 Å². The Labute approximate surface area is 115 Å². The molecule has 3 heteroatoms. The first-order chi connectivity index (χ1) is 9.06. The Kier molecular flexibility index (Phi) is 4.23. The Hall–Kier alpha value is -1.38. The van der Waals surface area contributed by atoms with Gasteiger partial charge in [-0.2, -0.15) is 5.10 Å². The van der Waals surface area contributed by atoms with E-state index >= 15 is 0 Å². The van der Waals surface area contributed by atoms with Crippen molar-refractivity contribution in [2.45, 2.75) is 51.9 Å². The zero-order chi connectivity index (χ0) is 14.0. The van der Waals surface area contributed by atoms with Crippen LogP contribution in [0.15, 0.2) is 6.58 Å². The highest BCUT2D eigenvalue weighted by atomic mass is 16.1. The van der Waals surface area contributed by atoms with Crippen molar-refractivity contribution in [3.63, 3.8) is 0 Å². The van der Waals surface area contributed by atoms with E-state index in [1.54, 1.807) is 10.8 Å². The Balaban J connectivity index is 2.41. The molecule has 0 aliphatic heterocycles. The minimum atomic E-state index is 0.189. The average molecular weight is 260 g/mol. The average Bonchev–Trinajstić information content (AvgIpc) is 2.76. The van der Waals surface area contributed by atoms with Gasteiger partial charge in [0.05, 0.1) is 17.0 Å². The van der Waals surface area contributed by atoms with Crippen molar-refractivity contribution >= 4 is 11.9 Å². The van der Waals surface area contributed by atoms with Gasteiger partial charge < -0.3 is 0 Å². The molecule has 3 nitrogen and oxygen atoms in total. The third-order valence-corrected chi connectivity index (χ3v) is 4.08. The van der Waals surface area contributed by atoms with Gasteiger partial charge in [0.25, 0.3) is 0 Å². The molecule has 19 heavy (non-hydrogen) atoms. The number of Topliss-reactive ketones (excluding diaryl/α,β-unsaturated/α-hetero) is 1. The SMILES string of the molecule is C=Cc1c(C(=O)C2CCCCC2)c(C(C)C)nn1C. The van der Waals surface area contributed by atoms with Crippen molar-refractivity contribution in [3.05, 3.63) is 23.5 Å². The molecular formula is C16H24N2O. The molecule has 1 fully saturated rings. The zero-order valence-electron chi connectivity index (χ0n) is 12.3. The second-order valence-corrected chi connectivity index (χ2v) is 5.83. The van der Waals surface area contributed by atoms with Crippen LogP contribution in [0.4, 0.5) is 0 Å². The number of carbonyl (C=O) groups excluding carboxylic acids is 1. The van der Waals surface area contributed by atoms with Crippen LogP contribution >= 0.6 is 0 Å². The zero-order valence-corrected chi connectivity index (χ0v) is 12.3. The molecular weight excluding hydrogens is 236 g/mol. The Morgan fingerprint density at radius 2 is 2.00 bits per heavy atom. The van der Waals surface area contributed by atoms with Crippen LogP contribution in [0.1, 0.15) is 73.6 Å². The first-order valence-electron chi connectivity index (χ1n) is 7.29. The lowest BCUT2D eigenvalue weighted by Crippen LogP contribution is -2.19. The Morgan fingerprint density at radius 1 is 1.37 bits per heavy atom. The largest absolute Gasteiger partial charge is 0.294 e. The first kappa shape index (κ1) is 14.0. The van der Waals surface area contributed by atoms with Crippen molar-refractivity contribution in [1.82, 2.24) is 9.78 Å². The van der Waals surface area contributed by atoms with Gasteiger partial charge in [-0.15, -0.1) is 0 Å². The number of nitrogens with zero attached hydrogens (tertiary/aromatic N) is 2. The first-order valence-corrected chi connectivity index (χ1v) is 7.29. The Bertz CT molecular complexity index is 479. The summed E-state index contributed by atoms with van der Waals surface area (Å²) in [4.78, 5) is 12.8. The van der Waals surface area contributed by atoms with Gasteiger partial charge in [0.2, 0.25) is 0 Å². The third-order valence-electron chi connectivity index (χ3n) is 4.08. The van der Waals surface area contributed by atoms with Gasteiger partial charge in [-0.05, 0) is 24.8 Å². The molecule has 1 aromatic rings. The van der Waals surface area contributed by atoms with Gasteiger partial charge in [-0.3, -0.25) is 9.48 Å². The number of ketones is 1. The van der Waals surface area contributed by atoms with Crippen molar-refractivity contribution in [2.75, 3.05) is 0 Å². The fourth-order valence-electron chi connectivity index (χ4n) is 3.02. The number of carbonyl (C=O) groups is 1. The van der Waals surface area contributed by atoms with E-state index < -0.39 is 0 Å². The number of hydrogen-bond acceptors (Lipinski definition) is 2. The molecule has 0 unspecified atom stereocenters. The van der Waals surface area contributed by atoms with Gasteiger partial charge in [-0.25, -0.2) is 0 Å². The lowest BCUT2D eigenvalue weighted by atomic mass is 9.82. The molecule has 0 saturated heterocycles. The number of hydrogen-bond donors (Lipinski definition) is 0. The number of aromatic nitrogens is 2. The van der Waals surface area contributed by atoms with E-state index in [-0.39, 0.29) is 17.6 Å². The van der Waals surface area contributed by atoms with Crippen molar-refractivity contribution in [1.29, 1.82) is 0 Å². The fraction of sp³-hybridized carbons (Fsp3) is 0.625. The summed E-state index contributed by atoms with van der Waals surface area (Å²) >= 11 is 0. The summed E-state index contributed by atoms with van der Waals surface area (Å²) in [5, 5.41) is 4.52. The van der Waals surface area contributed by atoms with Crippen molar-refractivity contribution < 1.29 is 4.79 Å². The maximum absolute atomic E-state index is 12.8. The number of aryl methyl sites for hydroxylation is 1. The summed E-state index contributed by atoms with van der Waals surface area (Å²) in [6.45, 7) is 8.02. The fourth-order valence-corrected chi connectivity index (χ4v) is 3.02. The van der Waals surface area contributed by atoms with E-state index in [0.29, 0.717) is 0 Å². The molecule has 104 valence electrons. The maximum atomic E-state index is 12.8. The van der Waals surface area contributed by atoms with Crippen LogP contribution in [-0.4, -0.2) is 15.6 Å². The van der Waals surface area contributed by atoms with Crippen LogP contribution in [0.3, 0.4) is 0 Å². The van der Waals surface area contributed by atoms with Crippen molar-refractivity contribution in [3.8, 4) is 0 Å². The van der Waals surface area contributed by atoms with Gasteiger partial charge >= 0.3 is 0 Å². The summed E-state index contributed by atoms with van der Waals surface area (Å²) in [7, 11) is 1.89. The van der Waals surface area contributed by atoms with Crippen LogP contribution in [0.5, 0.6) is 0 Å². The highest BCUT2D eigenvalue weighted by Gasteiger charge is 2.29. The van der Waals surface area contributed by atoms with Crippen LogP contribution in [0.25, 0.3) is 6.08 Å². The Morgan fingerprint density at radius 3 is 2.53 bits per heavy atom. The number of rotatable bonds is 4. The molecule has 0 spiro atoms. The maximum Gasteiger partial charge on any atom is 0.170 e. The minimum Gasteiger partial charge on any atom is -0.294 e. The summed E-state index contributed by atoms with van der Waals surface area (Å²) in [6, 6.07) is 0. The van der Waals surface area contributed by atoms with Gasteiger partial charge in [0.1, 0.15) is 0 Å². The molecule has 0 bridgehead atoms. The lowest BCUT2D eigenvalue weighted by Gasteiger charge is -2.21. The van der Waals surface area contributed by atoms with Crippen molar-refractivity contribution in [2.24, 2.45) is 13.0 Å². The molecule has 0 N–H and O–H groups in total. The molecule has 0 radical (unpaired) electrons. The minimum absolute atomic E-state index is 0.189. The molecule has 1 aliphatic rings. The monoisotopic (exact) mass is 260 g/mol.